The van der Waals surface area contributed by atoms with Gasteiger partial charge in [0.15, 0.2) is 0 Å². The highest BCUT2D eigenvalue weighted by molar-refractivity contribution is 5.93. The molecule has 6 heteroatoms. The van der Waals surface area contributed by atoms with Crippen LogP contribution in [0.2, 0.25) is 0 Å². The average molecular weight is 232 g/mol. The molecule has 88 valence electrons. The summed E-state index contributed by atoms with van der Waals surface area (Å²) < 4.78 is 1.74. The fourth-order valence-electron chi connectivity index (χ4n) is 1.42. The van der Waals surface area contributed by atoms with Crippen molar-refractivity contribution in [3.05, 3.63) is 36.3 Å². The highest BCUT2D eigenvalue weighted by Gasteiger charge is 2.10. The van der Waals surface area contributed by atoms with E-state index in [1.54, 1.807) is 29.3 Å². The molecule has 0 aromatic carbocycles. The van der Waals surface area contributed by atoms with Crippen LogP contribution in [0.15, 0.2) is 30.7 Å². The second kappa shape index (κ2) is 4.65. The predicted molar refractivity (Wildman–Crippen MR) is 62.4 cm³/mol. The molecule has 0 saturated heterocycles. The van der Waals surface area contributed by atoms with Gasteiger partial charge in [-0.15, -0.1) is 0 Å². The molecule has 2 heterocycles. The summed E-state index contributed by atoms with van der Waals surface area (Å²) in [5.74, 6) is -0.695. The van der Waals surface area contributed by atoms with E-state index in [-0.39, 0.29) is 5.56 Å². The highest BCUT2D eigenvalue weighted by Crippen LogP contribution is 2.17. The topological polar surface area (TPSA) is 80.0 Å². The summed E-state index contributed by atoms with van der Waals surface area (Å²) in [6.07, 6.45) is 4.96. The van der Waals surface area contributed by atoms with E-state index >= 15 is 0 Å². The van der Waals surface area contributed by atoms with Crippen molar-refractivity contribution in [1.29, 1.82) is 0 Å². The van der Waals surface area contributed by atoms with Crippen molar-refractivity contribution < 1.29 is 9.90 Å². The first-order chi connectivity index (χ1) is 8.20. The number of carboxylic acids is 1. The van der Waals surface area contributed by atoms with Crippen LogP contribution >= 0.6 is 0 Å². The Morgan fingerprint density at radius 2 is 2.41 bits per heavy atom. The number of aromatic nitrogens is 3. The van der Waals surface area contributed by atoms with Crippen molar-refractivity contribution in [2.75, 3.05) is 5.32 Å². The molecule has 0 atom stereocenters. The van der Waals surface area contributed by atoms with Gasteiger partial charge in [0.1, 0.15) is 11.4 Å². The minimum absolute atomic E-state index is 0.136. The molecule has 2 aromatic heterocycles. The summed E-state index contributed by atoms with van der Waals surface area (Å²) in [5, 5.41) is 16.0. The summed E-state index contributed by atoms with van der Waals surface area (Å²) in [6, 6.07) is 3.09. The van der Waals surface area contributed by atoms with Crippen LogP contribution < -0.4 is 5.32 Å². The molecule has 0 aliphatic heterocycles. The Labute approximate surface area is 97.9 Å². The van der Waals surface area contributed by atoms with E-state index in [9.17, 15) is 4.79 Å². The largest absolute Gasteiger partial charge is 0.478 e. The Kier molecular flexibility index (Phi) is 3.04. The van der Waals surface area contributed by atoms with Gasteiger partial charge in [-0.05, 0) is 19.1 Å². The molecule has 6 nitrogen and oxygen atoms in total. The van der Waals surface area contributed by atoms with E-state index in [4.69, 9.17) is 5.11 Å². The first-order valence-corrected chi connectivity index (χ1v) is 5.18. The van der Waals surface area contributed by atoms with Gasteiger partial charge >= 0.3 is 5.97 Å². The number of anilines is 2. The third-order valence-corrected chi connectivity index (χ3v) is 2.26. The Hall–Kier alpha value is -2.37. The number of rotatable bonds is 4. The number of aryl methyl sites for hydroxylation is 1. The molecule has 0 spiro atoms. The van der Waals surface area contributed by atoms with Crippen molar-refractivity contribution in [2.24, 2.45) is 0 Å². The third kappa shape index (κ3) is 2.41. The van der Waals surface area contributed by atoms with Crippen LogP contribution in [0.25, 0.3) is 0 Å². The number of nitrogens with zero attached hydrogens (tertiary/aromatic N) is 3. The van der Waals surface area contributed by atoms with Gasteiger partial charge in [0.2, 0.25) is 0 Å². The van der Waals surface area contributed by atoms with Crippen LogP contribution in [0, 0.1) is 0 Å². The molecule has 17 heavy (non-hydrogen) atoms. The average Bonchev–Trinajstić information content (AvgIpc) is 2.77. The number of nitrogens with one attached hydrogen (secondary N) is 1. The van der Waals surface area contributed by atoms with Crippen LogP contribution in [0.3, 0.4) is 0 Å². The minimum atomic E-state index is -1.01. The molecule has 0 saturated carbocycles. The second-order valence-electron chi connectivity index (χ2n) is 3.41. The number of aromatic carboxylic acids is 1. The highest BCUT2D eigenvalue weighted by atomic mass is 16.4. The van der Waals surface area contributed by atoms with Crippen LogP contribution in [-0.2, 0) is 6.54 Å². The lowest BCUT2D eigenvalue weighted by atomic mass is 10.2. The normalized spacial score (nSPS) is 10.2. The van der Waals surface area contributed by atoms with Crippen LogP contribution in [0.4, 0.5) is 11.5 Å². The number of pyridine rings is 1. The fraction of sp³-hybridized carbons (Fsp3) is 0.182. The molecular formula is C11H12N4O2. The van der Waals surface area contributed by atoms with Gasteiger partial charge < -0.3 is 10.4 Å². The van der Waals surface area contributed by atoms with Crippen molar-refractivity contribution >= 4 is 17.5 Å². The molecule has 2 rings (SSSR count). The smallest absolute Gasteiger partial charge is 0.339 e. The number of hydrogen-bond acceptors (Lipinski definition) is 4. The van der Waals surface area contributed by atoms with E-state index in [0.29, 0.717) is 11.5 Å². The maximum absolute atomic E-state index is 11.0. The lowest BCUT2D eigenvalue weighted by molar-refractivity contribution is 0.0697. The quantitative estimate of drug-likeness (QED) is 0.839. The van der Waals surface area contributed by atoms with Crippen LogP contribution in [0.5, 0.6) is 0 Å². The summed E-state index contributed by atoms with van der Waals surface area (Å²) in [5.41, 5.74) is 0.852. The van der Waals surface area contributed by atoms with Crippen molar-refractivity contribution in [2.45, 2.75) is 13.5 Å². The summed E-state index contributed by atoms with van der Waals surface area (Å²) in [7, 11) is 0. The molecule has 0 unspecified atom stereocenters. The summed E-state index contributed by atoms with van der Waals surface area (Å²) in [6.45, 7) is 2.73. The standard InChI is InChI=1S/C11H12N4O2/c1-2-15-7-8(6-13-15)14-10-9(11(16)17)4-3-5-12-10/h3-7H,2H2,1H3,(H,12,14)(H,16,17). The number of hydrogen-bond donors (Lipinski definition) is 2. The monoisotopic (exact) mass is 232 g/mol. The molecule has 0 radical (unpaired) electrons. The third-order valence-electron chi connectivity index (χ3n) is 2.26. The van der Waals surface area contributed by atoms with Crippen LogP contribution in [0.1, 0.15) is 17.3 Å². The lowest BCUT2D eigenvalue weighted by Gasteiger charge is -2.05. The number of carbonyl (C=O) groups is 1. The van der Waals surface area contributed by atoms with Gasteiger partial charge in [0.25, 0.3) is 0 Å². The Morgan fingerprint density at radius 3 is 3.06 bits per heavy atom. The molecule has 2 N–H and O–H groups in total. The van der Waals surface area contributed by atoms with Crippen molar-refractivity contribution in [1.82, 2.24) is 14.8 Å². The SMILES string of the molecule is CCn1cc(Nc2ncccc2C(=O)O)cn1. The molecular weight excluding hydrogens is 220 g/mol. The predicted octanol–water partition coefficient (Wildman–Crippen LogP) is 1.74. The Bertz CT molecular complexity index is 536. The molecule has 0 fully saturated rings. The maximum atomic E-state index is 11.0. The van der Waals surface area contributed by atoms with Crippen LogP contribution in [-0.4, -0.2) is 25.8 Å². The van der Waals surface area contributed by atoms with Gasteiger partial charge in [0, 0.05) is 18.9 Å². The van der Waals surface area contributed by atoms with E-state index in [0.717, 1.165) is 6.54 Å². The first kappa shape index (κ1) is 11.1. The van der Waals surface area contributed by atoms with Crippen molar-refractivity contribution in [3.8, 4) is 0 Å². The van der Waals surface area contributed by atoms with E-state index in [1.165, 1.54) is 6.07 Å². The van der Waals surface area contributed by atoms with Gasteiger partial charge in [-0.25, -0.2) is 9.78 Å². The van der Waals surface area contributed by atoms with Gasteiger partial charge in [-0.1, -0.05) is 0 Å². The second-order valence-corrected chi connectivity index (χ2v) is 3.41. The fourth-order valence-corrected chi connectivity index (χ4v) is 1.42. The zero-order valence-electron chi connectivity index (χ0n) is 9.29. The van der Waals surface area contributed by atoms with Gasteiger partial charge in [0.05, 0.1) is 11.9 Å². The summed E-state index contributed by atoms with van der Waals surface area (Å²) in [4.78, 5) is 15.0. The van der Waals surface area contributed by atoms with E-state index < -0.39 is 5.97 Å². The molecule has 0 amide bonds. The summed E-state index contributed by atoms with van der Waals surface area (Å²) >= 11 is 0. The Balaban J connectivity index is 2.26. The first-order valence-electron chi connectivity index (χ1n) is 5.18. The Morgan fingerprint density at radius 1 is 1.59 bits per heavy atom. The molecule has 0 aliphatic carbocycles. The minimum Gasteiger partial charge on any atom is -0.478 e. The molecule has 2 aromatic rings. The van der Waals surface area contributed by atoms with E-state index in [1.807, 2.05) is 6.92 Å². The van der Waals surface area contributed by atoms with E-state index in [2.05, 4.69) is 15.4 Å². The molecule has 0 aliphatic rings. The zero-order chi connectivity index (χ0) is 12.3. The van der Waals surface area contributed by atoms with Crippen molar-refractivity contribution in [3.63, 3.8) is 0 Å². The molecule has 0 bridgehead atoms. The zero-order valence-corrected chi connectivity index (χ0v) is 9.29. The lowest BCUT2D eigenvalue weighted by Crippen LogP contribution is -2.04. The number of carboxylic acid groups (broad SMARTS) is 1. The van der Waals surface area contributed by atoms with Gasteiger partial charge in [-0.2, -0.15) is 5.10 Å². The van der Waals surface area contributed by atoms with Gasteiger partial charge in [-0.3, -0.25) is 4.68 Å². The maximum Gasteiger partial charge on any atom is 0.339 e.